The average Bonchev–Trinajstić information content (AvgIpc) is 3.16. The number of sulfone groups is 1. The molecular weight excluding hydrogens is 458 g/mol. The molecule has 1 heterocycles. The molecule has 0 aliphatic heterocycles. The van der Waals surface area contributed by atoms with Crippen LogP contribution in [0.15, 0.2) is 88.7 Å². The van der Waals surface area contributed by atoms with Gasteiger partial charge in [-0.15, -0.1) is 0 Å². The molecular formula is C24H19N3O6S. The SMILES string of the molecule is Cc1ccccc1C(=O)Oc1c(S(=O)(=O)c2ccc([N+](=O)[O-])cc2)c(C)nn1-c1ccccc1. The third-order valence-electron chi connectivity index (χ3n) is 5.15. The molecule has 0 aliphatic rings. The van der Waals surface area contributed by atoms with Crippen LogP contribution in [0, 0.1) is 24.0 Å². The van der Waals surface area contributed by atoms with Crippen molar-refractivity contribution in [3.05, 3.63) is 106 Å². The van der Waals surface area contributed by atoms with Crippen LogP contribution in [0.3, 0.4) is 0 Å². The van der Waals surface area contributed by atoms with Crippen LogP contribution in [0.4, 0.5) is 5.69 Å². The molecule has 0 amide bonds. The molecule has 0 bridgehead atoms. The van der Waals surface area contributed by atoms with Crippen LogP contribution in [-0.4, -0.2) is 29.1 Å². The lowest BCUT2D eigenvalue weighted by Gasteiger charge is -2.12. The Morgan fingerprint density at radius 1 is 0.941 bits per heavy atom. The summed E-state index contributed by atoms with van der Waals surface area (Å²) in [4.78, 5) is 22.9. The summed E-state index contributed by atoms with van der Waals surface area (Å²) in [5.74, 6) is -1.01. The van der Waals surface area contributed by atoms with Crippen molar-refractivity contribution in [2.45, 2.75) is 23.6 Å². The lowest BCUT2D eigenvalue weighted by Crippen LogP contribution is -2.15. The number of nitro benzene ring substituents is 1. The van der Waals surface area contributed by atoms with Gasteiger partial charge in [0.2, 0.25) is 15.7 Å². The van der Waals surface area contributed by atoms with E-state index in [1.165, 1.54) is 11.6 Å². The molecule has 0 atom stereocenters. The van der Waals surface area contributed by atoms with E-state index in [9.17, 15) is 23.3 Å². The Balaban J connectivity index is 1.89. The minimum absolute atomic E-state index is 0.106. The summed E-state index contributed by atoms with van der Waals surface area (Å²) in [6.45, 7) is 3.23. The first kappa shape index (κ1) is 22.9. The molecule has 0 spiro atoms. The molecule has 0 aliphatic carbocycles. The van der Waals surface area contributed by atoms with Crippen LogP contribution in [0.5, 0.6) is 5.88 Å². The maximum Gasteiger partial charge on any atom is 0.345 e. The van der Waals surface area contributed by atoms with Crippen LogP contribution >= 0.6 is 0 Å². The maximum atomic E-state index is 13.6. The summed E-state index contributed by atoms with van der Waals surface area (Å²) in [5, 5.41) is 15.3. The minimum Gasteiger partial charge on any atom is -0.402 e. The fraction of sp³-hybridized carbons (Fsp3) is 0.0833. The summed E-state index contributed by atoms with van der Waals surface area (Å²) in [5.41, 5.74) is 1.29. The number of carbonyl (C=O) groups is 1. The molecule has 3 aromatic carbocycles. The monoisotopic (exact) mass is 477 g/mol. The Morgan fingerprint density at radius 3 is 2.18 bits per heavy atom. The highest BCUT2D eigenvalue weighted by molar-refractivity contribution is 7.91. The minimum atomic E-state index is -4.25. The normalized spacial score (nSPS) is 11.2. The van der Waals surface area contributed by atoms with Gasteiger partial charge in [-0.25, -0.2) is 13.2 Å². The van der Waals surface area contributed by atoms with Gasteiger partial charge in [0.05, 0.1) is 26.8 Å². The second-order valence-electron chi connectivity index (χ2n) is 7.43. The summed E-state index contributed by atoms with van der Waals surface area (Å²) >= 11 is 0. The Labute approximate surface area is 195 Å². The van der Waals surface area contributed by atoms with E-state index in [0.717, 1.165) is 24.3 Å². The first-order chi connectivity index (χ1) is 16.2. The third kappa shape index (κ3) is 4.18. The predicted octanol–water partition coefficient (Wildman–Crippen LogP) is 4.45. The summed E-state index contributed by atoms with van der Waals surface area (Å²) < 4.78 is 34.1. The van der Waals surface area contributed by atoms with E-state index in [4.69, 9.17) is 4.74 Å². The van der Waals surface area contributed by atoms with Gasteiger partial charge in [0.25, 0.3) is 5.69 Å². The number of nitro groups is 1. The summed E-state index contributed by atoms with van der Waals surface area (Å²) in [6, 6.07) is 19.9. The molecule has 0 radical (unpaired) electrons. The van der Waals surface area contributed by atoms with Crippen molar-refractivity contribution in [3.63, 3.8) is 0 Å². The molecule has 0 fully saturated rings. The first-order valence-corrected chi connectivity index (χ1v) is 11.6. The number of hydrogen-bond acceptors (Lipinski definition) is 7. The fourth-order valence-corrected chi connectivity index (χ4v) is 4.96. The first-order valence-electron chi connectivity index (χ1n) is 10.1. The number of ether oxygens (including phenoxy) is 1. The molecule has 172 valence electrons. The standard InChI is InChI=1S/C24H19N3O6S/c1-16-8-6-7-11-21(16)24(28)33-23-22(17(2)25-26(23)18-9-4-3-5-10-18)34(31,32)20-14-12-19(13-15-20)27(29)30/h3-15H,1-2H3. The lowest BCUT2D eigenvalue weighted by atomic mass is 10.1. The van der Waals surface area contributed by atoms with Gasteiger partial charge in [-0.05, 0) is 49.7 Å². The number of hydrogen-bond donors (Lipinski definition) is 0. The number of carbonyl (C=O) groups excluding carboxylic acids is 1. The van der Waals surface area contributed by atoms with Crippen molar-refractivity contribution in [1.82, 2.24) is 9.78 Å². The highest BCUT2D eigenvalue weighted by Crippen LogP contribution is 2.35. The zero-order valence-electron chi connectivity index (χ0n) is 18.2. The van der Waals surface area contributed by atoms with Gasteiger partial charge in [-0.1, -0.05) is 36.4 Å². The number of aromatic nitrogens is 2. The molecule has 9 nitrogen and oxygen atoms in total. The molecule has 0 saturated heterocycles. The molecule has 0 saturated carbocycles. The number of para-hydroxylation sites is 1. The smallest absolute Gasteiger partial charge is 0.345 e. The highest BCUT2D eigenvalue weighted by atomic mass is 32.2. The second-order valence-corrected chi connectivity index (χ2v) is 9.31. The number of benzene rings is 3. The second kappa shape index (κ2) is 8.91. The topological polar surface area (TPSA) is 121 Å². The van der Waals surface area contributed by atoms with Gasteiger partial charge in [-0.3, -0.25) is 10.1 Å². The number of rotatable bonds is 6. The van der Waals surface area contributed by atoms with Gasteiger partial charge in [0, 0.05) is 12.1 Å². The predicted molar refractivity (Wildman–Crippen MR) is 123 cm³/mol. The maximum absolute atomic E-state index is 13.6. The Bertz CT molecular complexity index is 1490. The van der Waals surface area contributed by atoms with Crippen LogP contribution < -0.4 is 4.74 Å². The zero-order chi connectivity index (χ0) is 24.5. The summed E-state index contributed by atoms with van der Waals surface area (Å²) in [6.07, 6.45) is 0. The van der Waals surface area contributed by atoms with Crippen LogP contribution in [0.2, 0.25) is 0 Å². The number of esters is 1. The highest BCUT2D eigenvalue weighted by Gasteiger charge is 2.32. The van der Waals surface area contributed by atoms with E-state index in [-0.39, 0.29) is 32.6 Å². The van der Waals surface area contributed by atoms with Crippen LogP contribution in [0.25, 0.3) is 5.69 Å². The third-order valence-corrected chi connectivity index (χ3v) is 7.05. The van der Waals surface area contributed by atoms with E-state index in [2.05, 4.69) is 5.10 Å². The van der Waals surface area contributed by atoms with E-state index in [1.54, 1.807) is 61.5 Å². The van der Waals surface area contributed by atoms with Crippen LogP contribution in [-0.2, 0) is 9.84 Å². The Hall–Kier alpha value is -4.31. The van der Waals surface area contributed by atoms with Gasteiger partial charge >= 0.3 is 5.97 Å². The van der Waals surface area contributed by atoms with Crippen molar-refractivity contribution in [2.75, 3.05) is 0 Å². The summed E-state index contributed by atoms with van der Waals surface area (Å²) in [7, 11) is -4.25. The lowest BCUT2D eigenvalue weighted by molar-refractivity contribution is -0.384. The largest absolute Gasteiger partial charge is 0.402 e. The van der Waals surface area contributed by atoms with Gasteiger partial charge < -0.3 is 4.74 Å². The number of nitrogens with zero attached hydrogens (tertiary/aromatic N) is 3. The Morgan fingerprint density at radius 2 is 1.56 bits per heavy atom. The molecule has 4 rings (SSSR count). The molecule has 0 N–H and O–H groups in total. The molecule has 34 heavy (non-hydrogen) atoms. The molecule has 4 aromatic rings. The molecule has 0 unspecified atom stereocenters. The van der Waals surface area contributed by atoms with Crippen molar-refractivity contribution in [3.8, 4) is 11.6 Å². The Kier molecular flexibility index (Phi) is 5.99. The van der Waals surface area contributed by atoms with E-state index >= 15 is 0 Å². The quantitative estimate of drug-likeness (QED) is 0.228. The average molecular weight is 477 g/mol. The van der Waals surface area contributed by atoms with Crippen molar-refractivity contribution >= 4 is 21.5 Å². The van der Waals surface area contributed by atoms with Crippen molar-refractivity contribution < 1.29 is 22.9 Å². The van der Waals surface area contributed by atoms with Crippen molar-refractivity contribution in [2.24, 2.45) is 0 Å². The number of aryl methyl sites for hydroxylation is 2. The van der Waals surface area contributed by atoms with Crippen molar-refractivity contribution in [1.29, 1.82) is 0 Å². The fourth-order valence-electron chi connectivity index (χ4n) is 3.44. The van der Waals surface area contributed by atoms with Gasteiger partial charge in [0.15, 0.2) is 4.90 Å². The van der Waals surface area contributed by atoms with Gasteiger partial charge in [0.1, 0.15) is 0 Å². The molecule has 10 heteroatoms. The van der Waals surface area contributed by atoms with Gasteiger partial charge in [-0.2, -0.15) is 9.78 Å². The van der Waals surface area contributed by atoms with Crippen LogP contribution in [0.1, 0.15) is 21.6 Å². The zero-order valence-corrected chi connectivity index (χ0v) is 19.0. The molecule has 1 aromatic heterocycles. The van der Waals surface area contributed by atoms with E-state index < -0.39 is 20.7 Å². The van der Waals surface area contributed by atoms with E-state index in [1.807, 2.05) is 0 Å². The van der Waals surface area contributed by atoms with E-state index in [0.29, 0.717) is 11.3 Å². The number of non-ortho nitro benzene ring substituents is 1.